The van der Waals surface area contributed by atoms with Gasteiger partial charge in [0, 0.05) is 19.5 Å². The summed E-state index contributed by atoms with van der Waals surface area (Å²) in [5.41, 5.74) is 4.97. The molecular formula is C25H30N2O. The molecule has 28 heavy (non-hydrogen) atoms. The van der Waals surface area contributed by atoms with Gasteiger partial charge in [-0.2, -0.15) is 0 Å². The molecule has 1 amide bonds. The largest absolute Gasteiger partial charge is 0.352 e. The third-order valence-corrected chi connectivity index (χ3v) is 5.92. The number of likely N-dealkylation sites (tertiary alicyclic amines) is 1. The number of carbonyl (C=O) groups excluding carboxylic acids is 1. The van der Waals surface area contributed by atoms with Gasteiger partial charge in [0.15, 0.2) is 0 Å². The summed E-state index contributed by atoms with van der Waals surface area (Å²) in [4.78, 5) is 14.8. The summed E-state index contributed by atoms with van der Waals surface area (Å²) >= 11 is 0. The lowest BCUT2D eigenvalue weighted by Gasteiger charge is -2.15. The second kappa shape index (κ2) is 9.20. The fraction of sp³-hybridized carbons (Fsp3) is 0.400. The normalized spacial score (nSPS) is 19.2. The number of amides is 1. The minimum atomic E-state index is 0.146. The van der Waals surface area contributed by atoms with Crippen LogP contribution >= 0.6 is 0 Å². The van der Waals surface area contributed by atoms with Crippen molar-refractivity contribution >= 4 is 5.91 Å². The van der Waals surface area contributed by atoms with Crippen molar-refractivity contribution in [1.82, 2.24) is 10.2 Å². The fourth-order valence-corrected chi connectivity index (χ4v) is 4.31. The molecule has 1 fully saturated rings. The number of hydrogen-bond acceptors (Lipinski definition) is 2. The maximum Gasteiger partial charge on any atom is 0.220 e. The minimum absolute atomic E-state index is 0.146. The van der Waals surface area contributed by atoms with E-state index >= 15 is 0 Å². The molecule has 0 bridgehead atoms. The van der Waals surface area contributed by atoms with Gasteiger partial charge < -0.3 is 5.32 Å². The molecule has 3 heteroatoms. The zero-order valence-corrected chi connectivity index (χ0v) is 16.6. The molecule has 0 spiro atoms. The smallest absolute Gasteiger partial charge is 0.220 e. The van der Waals surface area contributed by atoms with E-state index in [2.05, 4.69) is 64.8 Å². The van der Waals surface area contributed by atoms with Crippen molar-refractivity contribution in [2.45, 2.75) is 45.2 Å². The Labute approximate surface area is 168 Å². The molecule has 0 radical (unpaired) electrons. The van der Waals surface area contributed by atoms with Crippen molar-refractivity contribution in [3.63, 3.8) is 0 Å². The van der Waals surface area contributed by atoms with Crippen molar-refractivity contribution < 1.29 is 4.79 Å². The van der Waals surface area contributed by atoms with E-state index in [4.69, 9.17) is 0 Å². The third kappa shape index (κ3) is 4.90. The number of nitrogens with zero attached hydrogens (tertiary/aromatic N) is 1. The van der Waals surface area contributed by atoms with E-state index < -0.39 is 0 Å². The highest BCUT2D eigenvalue weighted by Crippen LogP contribution is 2.25. The van der Waals surface area contributed by atoms with Crippen molar-refractivity contribution in [3.05, 3.63) is 71.8 Å². The summed E-state index contributed by atoms with van der Waals surface area (Å²) in [6.45, 7) is 4.08. The van der Waals surface area contributed by atoms with E-state index in [0.717, 1.165) is 19.4 Å². The Hall–Kier alpha value is -2.39. The van der Waals surface area contributed by atoms with Gasteiger partial charge in [0.1, 0.15) is 0 Å². The van der Waals surface area contributed by atoms with Crippen LogP contribution in [-0.4, -0.2) is 23.9 Å². The van der Waals surface area contributed by atoms with Crippen LogP contribution < -0.4 is 5.32 Å². The number of carbonyl (C=O) groups is 1. The molecule has 2 aromatic carbocycles. The van der Waals surface area contributed by atoms with Gasteiger partial charge in [0.2, 0.25) is 5.91 Å². The molecule has 2 aromatic rings. The molecule has 0 unspecified atom stereocenters. The number of allylic oxidation sites excluding steroid dienone is 2. The monoisotopic (exact) mass is 374 g/mol. The van der Waals surface area contributed by atoms with Crippen molar-refractivity contribution in [3.8, 4) is 11.1 Å². The molecule has 1 N–H and O–H groups in total. The second-order valence-electron chi connectivity index (χ2n) is 8.08. The first-order chi connectivity index (χ1) is 13.8. The molecule has 146 valence electrons. The molecule has 2 aliphatic rings. The maximum atomic E-state index is 12.3. The summed E-state index contributed by atoms with van der Waals surface area (Å²) in [5.74, 6) is 0.561. The topological polar surface area (TPSA) is 32.3 Å². The van der Waals surface area contributed by atoms with Crippen LogP contribution in [0.25, 0.3) is 11.1 Å². The Kier molecular flexibility index (Phi) is 6.23. The molecule has 3 nitrogen and oxygen atoms in total. The highest BCUT2D eigenvalue weighted by Gasteiger charge is 2.15. The van der Waals surface area contributed by atoms with Crippen molar-refractivity contribution in [2.24, 2.45) is 5.92 Å². The number of benzene rings is 2. The SMILES string of the molecule is O=C(C[C@@H]1C=CCC1)NCc1ccccc1-c1ccc(CN2CCCC2)cc1. The van der Waals surface area contributed by atoms with Crippen LogP contribution in [0, 0.1) is 5.92 Å². The van der Waals surface area contributed by atoms with Gasteiger partial charge in [-0.15, -0.1) is 0 Å². The van der Waals surface area contributed by atoms with Gasteiger partial charge in [-0.1, -0.05) is 60.7 Å². The Morgan fingerprint density at radius 1 is 1.04 bits per heavy atom. The van der Waals surface area contributed by atoms with Crippen LogP contribution in [0.5, 0.6) is 0 Å². The molecule has 1 aliphatic heterocycles. The van der Waals surface area contributed by atoms with Crippen LogP contribution in [0.3, 0.4) is 0 Å². The lowest BCUT2D eigenvalue weighted by Crippen LogP contribution is -2.24. The molecule has 0 aromatic heterocycles. The van der Waals surface area contributed by atoms with Gasteiger partial charge in [-0.25, -0.2) is 0 Å². The lowest BCUT2D eigenvalue weighted by atomic mass is 9.98. The van der Waals surface area contributed by atoms with E-state index in [0.29, 0.717) is 18.9 Å². The third-order valence-electron chi connectivity index (χ3n) is 5.92. The molecule has 1 atom stereocenters. The van der Waals surface area contributed by atoms with E-state index in [-0.39, 0.29) is 5.91 Å². The van der Waals surface area contributed by atoms with Gasteiger partial charge in [-0.05, 0) is 66.9 Å². The van der Waals surface area contributed by atoms with Crippen molar-refractivity contribution in [1.29, 1.82) is 0 Å². The van der Waals surface area contributed by atoms with E-state index in [1.807, 2.05) is 6.07 Å². The second-order valence-corrected chi connectivity index (χ2v) is 8.08. The van der Waals surface area contributed by atoms with Crippen LogP contribution in [0.15, 0.2) is 60.7 Å². The fourth-order valence-electron chi connectivity index (χ4n) is 4.31. The highest BCUT2D eigenvalue weighted by atomic mass is 16.1. The Morgan fingerprint density at radius 2 is 1.82 bits per heavy atom. The van der Waals surface area contributed by atoms with E-state index in [9.17, 15) is 4.79 Å². The summed E-state index contributed by atoms with van der Waals surface area (Å²) in [7, 11) is 0. The first kappa shape index (κ1) is 18.9. The van der Waals surface area contributed by atoms with E-state index in [1.54, 1.807) is 0 Å². The number of nitrogens with one attached hydrogen (secondary N) is 1. The summed E-state index contributed by atoms with van der Waals surface area (Å²) in [6.07, 6.45) is 9.83. The average Bonchev–Trinajstić information content (AvgIpc) is 3.42. The highest BCUT2D eigenvalue weighted by molar-refractivity contribution is 5.77. The molecule has 0 saturated carbocycles. The molecule has 1 aliphatic carbocycles. The number of rotatable bonds is 7. The molecule has 1 heterocycles. The maximum absolute atomic E-state index is 12.3. The summed E-state index contributed by atoms with van der Waals surface area (Å²) < 4.78 is 0. The van der Waals surface area contributed by atoms with Gasteiger partial charge in [-0.3, -0.25) is 9.69 Å². The van der Waals surface area contributed by atoms with E-state index in [1.165, 1.54) is 48.2 Å². The molecular weight excluding hydrogens is 344 g/mol. The van der Waals surface area contributed by atoms with Crippen molar-refractivity contribution in [2.75, 3.05) is 13.1 Å². The predicted molar refractivity (Wildman–Crippen MR) is 115 cm³/mol. The van der Waals surface area contributed by atoms with Crippen LogP contribution in [0.4, 0.5) is 0 Å². The number of hydrogen-bond donors (Lipinski definition) is 1. The zero-order chi connectivity index (χ0) is 19.2. The zero-order valence-electron chi connectivity index (χ0n) is 16.6. The lowest BCUT2D eigenvalue weighted by molar-refractivity contribution is -0.121. The first-order valence-electron chi connectivity index (χ1n) is 10.6. The molecule has 4 rings (SSSR count). The van der Waals surface area contributed by atoms with Crippen LogP contribution in [0.2, 0.25) is 0 Å². The van der Waals surface area contributed by atoms with Crippen LogP contribution in [0.1, 0.15) is 43.2 Å². The van der Waals surface area contributed by atoms with Crippen LogP contribution in [-0.2, 0) is 17.9 Å². The van der Waals surface area contributed by atoms with Gasteiger partial charge in [0.05, 0.1) is 0 Å². The Bertz CT molecular complexity index is 819. The standard InChI is InChI=1S/C25H30N2O/c28-25(17-20-7-1-2-8-20)26-18-23-9-3-4-10-24(23)22-13-11-21(12-14-22)19-27-15-5-6-16-27/h1,3-4,7,9-14,20H,2,5-6,8,15-19H2,(H,26,28)/t20-/m1/s1. The van der Waals surface area contributed by atoms with Gasteiger partial charge in [0.25, 0.3) is 0 Å². The molecule has 1 saturated heterocycles. The van der Waals surface area contributed by atoms with Gasteiger partial charge >= 0.3 is 0 Å². The first-order valence-corrected chi connectivity index (χ1v) is 10.6. The quantitative estimate of drug-likeness (QED) is 0.698. The summed E-state index contributed by atoms with van der Waals surface area (Å²) in [5, 5.41) is 3.12. The Morgan fingerprint density at radius 3 is 2.57 bits per heavy atom. The average molecular weight is 375 g/mol. The minimum Gasteiger partial charge on any atom is -0.352 e. The summed E-state index contributed by atoms with van der Waals surface area (Å²) in [6, 6.07) is 17.3. The Balaban J connectivity index is 1.39. The predicted octanol–water partition coefficient (Wildman–Crippen LogP) is 4.92.